The molecule has 0 aliphatic rings. The Morgan fingerprint density at radius 1 is 1.06 bits per heavy atom. The van der Waals surface area contributed by atoms with Gasteiger partial charge in [-0.2, -0.15) is 9.97 Å². The second-order valence-electron chi connectivity index (χ2n) is 2.48. The number of rotatable bonds is 3. The predicted molar refractivity (Wildman–Crippen MR) is 46.2 cm³/mol. The summed E-state index contributed by atoms with van der Waals surface area (Å²) in [5.74, 6) is -1.97. The Morgan fingerprint density at radius 2 is 1.50 bits per heavy atom. The van der Waals surface area contributed by atoms with Gasteiger partial charge in [-0.3, -0.25) is 0 Å². The molecule has 1 rings (SSSR count). The summed E-state index contributed by atoms with van der Waals surface area (Å²) < 4.78 is 49.0. The van der Waals surface area contributed by atoms with E-state index in [4.69, 9.17) is 5.73 Å². The first-order chi connectivity index (χ1) is 7.37. The summed E-state index contributed by atoms with van der Waals surface area (Å²) in [5, 5.41) is 0. The molecule has 6 nitrogen and oxygen atoms in total. The highest BCUT2D eigenvalue weighted by atomic mass is 19.4. The minimum Gasteiger partial charge on any atom is -0.478 e. The van der Waals surface area contributed by atoms with Crippen molar-refractivity contribution in [1.29, 1.82) is 0 Å². The number of hydrogen-bond acceptors (Lipinski definition) is 6. The Bertz CT molecular complexity index is 358. The first-order valence-corrected chi connectivity index (χ1v) is 3.88. The second-order valence-corrected chi connectivity index (χ2v) is 2.48. The quantitative estimate of drug-likeness (QED) is 0.846. The smallest absolute Gasteiger partial charge is 0.478 e. The second kappa shape index (κ2) is 4.29. The highest BCUT2D eigenvalue weighted by molar-refractivity contribution is 5.46. The predicted octanol–water partition coefficient (Wildman–Crippen LogP) is 0.975. The van der Waals surface area contributed by atoms with Crippen molar-refractivity contribution in [3.63, 3.8) is 0 Å². The molecule has 1 heterocycles. The minimum absolute atomic E-state index is 0.289. The monoisotopic (exact) mass is 239 g/mol. The van der Waals surface area contributed by atoms with Crippen LogP contribution < -0.4 is 19.9 Å². The van der Waals surface area contributed by atoms with E-state index in [0.717, 1.165) is 14.2 Å². The van der Waals surface area contributed by atoms with Gasteiger partial charge in [-0.05, 0) is 0 Å². The topological polar surface area (TPSA) is 79.5 Å². The average molecular weight is 239 g/mol. The summed E-state index contributed by atoms with van der Waals surface area (Å²) in [7, 11) is 2.23. The largest absolute Gasteiger partial charge is 0.573 e. The maximum atomic E-state index is 12.1. The molecule has 0 atom stereocenters. The van der Waals surface area contributed by atoms with E-state index in [1.807, 2.05) is 0 Å². The van der Waals surface area contributed by atoms with Crippen LogP contribution in [-0.2, 0) is 0 Å². The van der Waals surface area contributed by atoms with Crippen LogP contribution in [0.5, 0.6) is 17.5 Å². The Balaban J connectivity index is 3.22. The molecule has 0 spiro atoms. The van der Waals surface area contributed by atoms with Crippen LogP contribution in [0.4, 0.5) is 19.1 Å². The molecule has 2 N–H and O–H groups in total. The zero-order chi connectivity index (χ0) is 12.3. The lowest BCUT2D eigenvalue weighted by Gasteiger charge is -2.13. The summed E-state index contributed by atoms with van der Waals surface area (Å²) >= 11 is 0. The van der Waals surface area contributed by atoms with Crippen molar-refractivity contribution in [1.82, 2.24) is 9.97 Å². The van der Waals surface area contributed by atoms with Crippen molar-refractivity contribution in [3.05, 3.63) is 0 Å². The third-order valence-electron chi connectivity index (χ3n) is 1.43. The fourth-order valence-corrected chi connectivity index (χ4v) is 0.906. The van der Waals surface area contributed by atoms with Crippen LogP contribution in [0.15, 0.2) is 0 Å². The van der Waals surface area contributed by atoms with Crippen LogP contribution in [0.2, 0.25) is 0 Å². The molecular weight excluding hydrogens is 231 g/mol. The minimum atomic E-state index is -4.90. The number of nitrogens with two attached hydrogens (primary N) is 1. The van der Waals surface area contributed by atoms with Gasteiger partial charge < -0.3 is 19.9 Å². The first kappa shape index (κ1) is 12.1. The number of ether oxygens (including phenoxy) is 3. The fourth-order valence-electron chi connectivity index (χ4n) is 0.906. The molecular formula is C7H8F3N3O3. The molecule has 0 aliphatic carbocycles. The molecule has 0 amide bonds. The summed E-state index contributed by atoms with van der Waals surface area (Å²) in [5.41, 5.74) is 5.22. The van der Waals surface area contributed by atoms with Gasteiger partial charge in [0.05, 0.1) is 14.2 Å². The van der Waals surface area contributed by atoms with E-state index >= 15 is 0 Å². The summed E-state index contributed by atoms with van der Waals surface area (Å²) in [6, 6.07) is 0. The third kappa shape index (κ3) is 2.78. The molecule has 0 radical (unpaired) electrons. The third-order valence-corrected chi connectivity index (χ3v) is 1.43. The summed E-state index contributed by atoms with van der Waals surface area (Å²) in [4.78, 5) is 6.85. The molecule has 0 unspecified atom stereocenters. The van der Waals surface area contributed by atoms with Crippen molar-refractivity contribution < 1.29 is 27.4 Å². The molecule has 90 valence electrons. The number of halogens is 3. The maximum Gasteiger partial charge on any atom is 0.573 e. The van der Waals surface area contributed by atoms with Gasteiger partial charge in [0.1, 0.15) is 0 Å². The molecule has 0 aromatic carbocycles. The highest BCUT2D eigenvalue weighted by Gasteiger charge is 2.35. The van der Waals surface area contributed by atoms with Crippen LogP contribution in [0, 0.1) is 0 Å². The molecule has 16 heavy (non-hydrogen) atoms. The van der Waals surface area contributed by atoms with E-state index in [2.05, 4.69) is 24.2 Å². The lowest BCUT2D eigenvalue weighted by Crippen LogP contribution is -2.19. The molecule has 9 heteroatoms. The maximum absolute atomic E-state index is 12.1. The highest BCUT2D eigenvalue weighted by Crippen LogP contribution is 2.38. The van der Waals surface area contributed by atoms with Crippen molar-refractivity contribution >= 4 is 5.95 Å². The number of aromatic nitrogens is 2. The van der Waals surface area contributed by atoms with Crippen molar-refractivity contribution in [3.8, 4) is 17.5 Å². The lowest BCUT2D eigenvalue weighted by molar-refractivity contribution is -0.275. The van der Waals surface area contributed by atoms with E-state index in [9.17, 15) is 13.2 Å². The standard InChI is InChI=1S/C7H8F3N3O3/c1-14-4-3(16-7(8,9)10)5(15-2)13-6(11)12-4/h1-2H3,(H2,11,12,13). The van der Waals surface area contributed by atoms with Gasteiger partial charge in [-0.15, -0.1) is 13.2 Å². The first-order valence-electron chi connectivity index (χ1n) is 3.88. The Labute approximate surface area is 88.1 Å². The van der Waals surface area contributed by atoms with Crippen molar-refractivity contribution in [2.24, 2.45) is 0 Å². The van der Waals surface area contributed by atoms with Gasteiger partial charge in [0, 0.05) is 0 Å². The van der Waals surface area contributed by atoms with Gasteiger partial charge >= 0.3 is 6.36 Å². The van der Waals surface area contributed by atoms with Gasteiger partial charge in [0.25, 0.3) is 17.5 Å². The van der Waals surface area contributed by atoms with Crippen LogP contribution in [-0.4, -0.2) is 30.5 Å². The van der Waals surface area contributed by atoms with E-state index in [-0.39, 0.29) is 5.95 Å². The molecule has 0 aliphatic heterocycles. The normalized spacial score (nSPS) is 11.1. The number of nitrogen functional groups attached to an aromatic ring is 1. The SMILES string of the molecule is COc1nc(N)nc(OC)c1OC(F)(F)F. The molecule has 1 aromatic heterocycles. The summed E-state index contributed by atoms with van der Waals surface area (Å²) in [6.45, 7) is 0. The van der Waals surface area contributed by atoms with Crippen LogP contribution >= 0.6 is 0 Å². The number of alkyl halides is 3. The van der Waals surface area contributed by atoms with E-state index in [1.54, 1.807) is 0 Å². The van der Waals surface area contributed by atoms with Crippen molar-refractivity contribution in [2.75, 3.05) is 20.0 Å². The number of nitrogens with zero attached hydrogens (tertiary/aromatic N) is 2. The average Bonchev–Trinajstić information content (AvgIpc) is 2.18. The molecule has 0 fully saturated rings. The molecule has 0 bridgehead atoms. The van der Waals surface area contributed by atoms with E-state index in [0.29, 0.717) is 0 Å². The molecule has 0 saturated carbocycles. The number of hydrogen-bond donors (Lipinski definition) is 1. The van der Waals surface area contributed by atoms with E-state index < -0.39 is 23.9 Å². The van der Waals surface area contributed by atoms with E-state index in [1.165, 1.54) is 0 Å². The summed E-state index contributed by atoms with van der Waals surface area (Å²) in [6.07, 6.45) is -4.90. The van der Waals surface area contributed by atoms with Crippen LogP contribution in [0.25, 0.3) is 0 Å². The Hall–Kier alpha value is -1.93. The zero-order valence-corrected chi connectivity index (χ0v) is 8.33. The number of anilines is 1. The van der Waals surface area contributed by atoms with Gasteiger partial charge in [-0.1, -0.05) is 0 Å². The van der Waals surface area contributed by atoms with Crippen LogP contribution in [0.1, 0.15) is 0 Å². The zero-order valence-electron chi connectivity index (χ0n) is 8.33. The van der Waals surface area contributed by atoms with Crippen molar-refractivity contribution in [2.45, 2.75) is 6.36 Å². The van der Waals surface area contributed by atoms with Gasteiger partial charge in [-0.25, -0.2) is 0 Å². The van der Waals surface area contributed by atoms with Gasteiger partial charge in [0.2, 0.25) is 5.95 Å². The number of methoxy groups -OCH3 is 2. The van der Waals surface area contributed by atoms with Gasteiger partial charge in [0.15, 0.2) is 0 Å². The Kier molecular flexibility index (Phi) is 3.25. The fraction of sp³-hybridized carbons (Fsp3) is 0.429. The van der Waals surface area contributed by atoms with Crippen LogP contribution in [0.3, 0.4) is 0 Å². The molecule has 1 aromatic rings. The molecule has 0 saturated heterocycles. The lowest BCUT2D eigenvalue weighted by atomic mass is 10.5. The Morgan fingerprint density at radius 3 is 1.81 bits per heavy atom.